The minimum absolute atomic E-state index is 0.609. The average Bonchev–Trinajstić information content (AvgIpc) is 2.39. The number of nitrogens with zero attached hydrogens (tertiary/aromatic N) is 2. The molecule has 3 N–H and O–H groups in total. The van der Waals surface area contributed by atoms with Crippen molar-refractivity contribution in [1.82, 2.24) is 4.90 Å². The predicted octanol–water partition coefficient (Wildman–Crippen LogP) is 1.29. The number of hydrogen-bond donors (Lipinski definition) is 2. The second-order valence-electron chi connectivity index (χ2n) is 4.82. The van der Waals surface area contributed by atoms with Gasteiger partial charge >= 0.3 is 5.97 Å². The lowest BCUT2D eigenvalue weighted by Gasteiger charge is -2.34. The molecule has 0 spiro atoms. The number of likely N-dealkylation sites (N-methyl/N-ethyl adjacent to an activating group) is 1. The Hall–Kier alpha value is -1.11. The van der Waals surface area contributed by atoms with Crippen molar-refractivity contribution >= 4 is 27.6 Å². The molecule has 1 unspecified atom stereocenters. The van der Waals surface area contributed by atoms with E-state index in [-0.39, 0.29) is 0 Å². The predicted molar refractivity (Wildman–Crippen MR) is 78.4 cm³/mol. The fourth-order valence-electron chi connectivity index (χ4n) is 2.16. The van der Waals surface area contributed by atoms with Crippen LogP contribution in [0.25, 0.3) is 0 Å². The number of piperazine rings is 1. The van der Waals surface area contributed by atoms with Crippen molar-refractivity contribution in [3.63, 3.8) is 0 Å². The minimum atomic E-state index is -1.01. The minimum Gasteiger partial charge on any atom is -0.480 e. The van der Waals surface area contributed by atoms with Crippen LogP contribution in [0.1, 0.15) is 11.6 Å². The van der Waals surface area contributed by atoms with Gasteiger partial charge in [-0.15, -0.1) is 0 Å². The summed E-state index contributed by atoms with van der Waals surface area (Å²) < 4.78 is 0.895. The molecule has 1 aliphatic rings. The highest BCUT2D eigenvalue weighted by Gasteiger charge is 2.19. The van der Waals surface area contributed by atoms with Crippen LogP contribution in [0.4, 0.5) is 5.69 Å². The van der Waals surface area contributed by atoms with Gasteiger partial charge in [0, 0.05) is 30.7 Å². The lowest BCUT2D eigenvalue weighted by atomic mass is 10.1. The molecule has 0 bridgehead atoms. The third-order valence-corrected chi connectivity index (χ3v) is 4.08. The number of carboxylic acids is 1. The van der Waals surface area contributed by atoms with Gasteiger partial charge < -0.3 is 20.6 Å². The molecule has 1 saturated heterocycles. The standard InChI is InChI=1S/C13H18BrN3O2/c1-16-4-6-17(7-5-16)11-3-2-9(8-10(11)14)12(15)13(18)19/h2-3,8,12H,4-7,15H2,1H3,(H,18,19). The van der Waals surface area contributed by atoms with E-state index in [1.165, 1.54) is 0 Å². The second kappa shape index (κ2) is 5.90. The van der Waals surface area contributed by atoms with Crippen molar-refractivity contribution < 1.29 is 9.90 Å². The van der Waals surface area contributed by atoms with Crippen LogP contribution >= 0.6 is 15.9 Å². The van der Waals surface area contributed by atoms with E-state index >= 15 is 0 Å². The summed E-state index contributed by atoms with van der Waals surface area (Å²) in [6, 6.07) is 4.55. The third-order valence-electron chi connectivity index (χ3n) is 3.44. The second-order valence-corrected chi connectivity index (χ2v) is 5.67. The number of carbonyl (C=O) groups is 1. The average molecular weight is 328 g/mol. The molecular formula is C13H18BrN3O2. The topological polar surface area (TPSA) is 69.8 Å². The van der Waals surface area contributed by atoms with E-state index in [0.29, 0.717) is 5.56 Å². The Kier molecular flexibility index (Phi) is 4.44. The number of nitrogens with two attached hydrogens (primary N) is 1. The highest BCUT2D eigenvalue weighted by atomic mass is 79.9. The number of rotatable bonds is 3. The highest BCUT2D eigenvalue weighted by molar-refractivity contribution is 9.10. The molecular weight excluding hydrogens is 310 g/mol. The molecule has 1 atom stereocenters. The molecule has 0 saturated carbocycles. The van der Waals surface area contributed by atoms with E-state index in [0.717, 1.165) is 36.3 Å². The van der Waals surface area contributed by atoms with Crippen molar-refractivity contribution in [2.24, 2.45) is 5.73 Å². The summed E-state index contributed by atoms with van der Waals surface area (Å²) >= 11 is 3.51. The van der Waals surface area contributed by atoms with Gasteiger partial charge in [-0.05, 0) is 40.7 Å². The first-order chi connectivity index (χ1) is 8.99. The lowest BCUT2D eigenvalue weighted by Crippen LogP contribution is -2.44. The van der Waals surface area contributed by atoms with Crippen LogP contribution in [0.15, 0.2) is 22.7 Å². The number of aliphatic carboxylic acids is 1. The van der Waals surface area contributed by atoms with E-state index in [4.69, 9.17) is 10.8 Å². The van der Waals surface area contributed by atoms with Crippen LogP contribution in [0.5, 0.6) is 0 Å². The van der Waals surface area contributed by atoms with Crippen LogP contribution in [-0.4, -0.2) is 49.2 Å². The number of benzene rings is 1. The summed E-state index contributed by atoms with van der Waals surface area (Å²) in [6.45, 7) is 4.00. The molecule has 1 aromatic carbocycles. The SMILES string of the molecule is CN1CCN(c2ccc(C(N)C(=O)O)cc2Br)CC1. The van der Waals surface area contributed by atoms with E-state index in [2.05, 4.69) is 32.8 Å². The molecule has 2 rings (SSSR count). The van der Waals surface area contributed by atoms with Crippen LogP contribution in [-0.2, 0) is 4.79 Å². The first-order valence-corrected chi connectivity index (χ1v) is 6.99. The Morgan fingerprint density at radius 2 is 2.00 bits per heavy atom. The van der Waals surface area contributed by atoms with Crippen LogP contribution in [0.2, 0.25) is 0 Å². The Balaban J connectivity index is 2.17. The van der Waals surface area contributed by atoms with Gasteiger partial charge in [-0.1, -0.05) is 6.07 Å². The maximum Gasteiger partial charge on any atom is 0.325 e. The zero-order valence-electron chi connectivity index (χ0n) is 10.8. The molecule has 5 nitrogen and oxygen atoms in total. The Morgan fingerprint density at radius 3 is 2.53 bits per heavy atom. The van der Waals surface area contributed by atoms with Crippen LogP contribution in [0.3, 0.4) is 0 Å². The smallest absolute Gasteiger partial charge is 0.325 e. The third kappa shape index (κ3) is 3.26. The van der Waals surface area contributed by atoms with Crippen LogP contribution < -0.4 is 10.6 Å². The van der Waals surface area contributed by atoms with Gasteiger partial charge in [0.15, 0.2) is 0 Å². The van der Waals surface area contributed by atoms with E-state index in [9.17, 15) is 4.79 Å². The fourth-order valence-corrected chi connectivity index (χ4v) is 2.81. The quantitative estimate of drug-likeness (QED) is 0.875. The molecule has 0 amide bonds. The summed E-state index contributed by atoms with van der Waals surface area (Å²) in [5, 5.41) is 8.92. The maximum absolute atomic E-state index is 10.9. The van der Waals surface area contributed by atoms with Crippen molar-refractivity contribution in [1.29, 1.82) is 0 Å². The fraction of sp³-hybridized carbons (Fsp3) is 0.462. The zero-order valence-corrected chi connectivity index (χ0v) is 12.4. The van der Waals surface area contributed by atoms with Crippen molar-refractivity contribution in [2.75, 3.05) is 38.1 Å². The van der Waals surface area contributed by atoms with Crippen molar-refractivity contribution in [3.05, 3.63) is 28.2 Å². The number of carboxylic acid groups (broad SMARTS) is 1. The van der Waals surface area contributed by atoms with Crippen molar-refractivity contribution in [3.8, 4) is 0 Å². The monoisotopic (exact) mass is 327 g/mol. The van der Waals surface area contributed by atoms with Gasteiger partial charge in [0.2, 0.25) is 0 Å². The van der Waals surface area contributed by atoms with E-state index < -0.39 is 12.0 Å². The molecule has 0 aromatic heterocycles. The Bertz CT molecular complexity index is 473. The molecule has 0 radical (unpaired) electrons. The van der Waals surface area contributed by atoms with Crippen molar-refractivity contribution in [2.45, 2.75) is 6.04 Å². The van der Waals surface area contributed by atoms with Crippen LogP contribution in [0, 0.1) is 0 Å². The molecule has 1 fully saturated rings. The molecule has 19 heavy (non-hydrogen) atoms. The van der Waals surface area contributed by atoms with Gasteiger partial charge in [0.05, 0.1) is 5.69 Å². The first-order valence-electron chi connectivity index (χ1n) is 6.20. The summed E-state index contributed by atoms with van der Waals surface area (Å²) in [5.41, 5.74) is 7.31. The first kappa shape index (κ1) is 14.3. The largest absolute Gasteiger partial charge is 0.480 e. The number of halogens is 1. The maximum atomic E-state index is 10.9. The highest BCUT2D eigenvalue weighted by Crippen LogP contribution is 2.29. The molecule has 104 valence electrons. The van der Waals surface area contributed by atoms with Gasteiger partial charge in [-0.2, -0.15) is 0 Å². The summed E-state index contributed by atoms with van der Waals surface area (Å²) in [7, 11) is 2.11. The van der Waals surface area contributed by atoms with Gasteiger partial charge in [0.25, 0.3) is 0 Å². The molecule has 1 aliphatic heterocycles. The lowest BCUT2D eigenvalue weighted by molar-refractivity contribution is -0.138. The molecule has 0 aliphatic carbocycles. The summed E-state index contributed by atoms with van der Waals surface area (Å²) in [4.78, 5) is 15.5. The number of hydrogen-bond acceptors (Lipinski definition) is 4. The van der Waals surface area contributed by atoms with E-state index in [1.54, 1.807) is 12.1 Å². The molecule has 1 aromatic rings. The van der Waals surface area contributed by atoms with Gasteiger partial charge in [0.1, 0.15) is 6.04 Å². The summed E-state index contributed by atoms with van der Waals surface area (Å²) in [6.07, 6.45) is 0. The van der Waals surface area contributed by atoms with Gasteiger partial charge in [-0.3, -0.25) is 4.79 Å². The zero-order chi connectivity index (χ0) is 14.0. The molecule has 1 heterocycles. The normalized spacial score (nSPS) is 18.4. The Labute approximate surface area is 121 Å². The van der Waals surface area contributed by atoms with E-state index in [1.807, 2.05) is 6.07 Å². The van der Waals surface area contributed by atoms with Gasteiger partial charge in [-0.25, -0.2) is 0 Å². The molecule has 6 heteroatoms. The Morgan fingerprint density at radius 1 is 1.37 bits per heavy atom. The number of anilines is 1. The summed E-state index contributed by atoms with van der Waals surface area (Å²) in [5.74, 6) is -1.01.